The summed E-state index contributed by atoms with van der Waals surface area (Å²) in [6.07, 6.45) is 1.62. The number of nitrogens with zero attached hydrogens (tertiary/aromatic N) is 9. The predicted molar refractivity (Wildman–Crippen MR) is 168 cm³/mol. The Labute approximate surface area is 271 Å². The molecule has 3 heterocycles. The predicted octanol–water partition coefficient (Wildman–Crippen LogP) is 3.12. The first-order chi connectivity index (χ1) is 22.3. The molecular formula is C31H41F3N10O3. The van der Waals surface area contributed by atoms with Crippen LogP contribution in [0.2, 0.25) is 0 Å². The van der Waals surface area contributed by atoms with Crippen molar-refractivity contribution in [3.05, 3.63) is 47.5 Å². The summed E-state index contributed by atoms with van der Waals surface area (Å²) in [6, 6.07) is 10.0. The fourth-order valence-corrected chi connectivity index (χ4v) is 5.55. The van der Waals surface area contributed by atoms with Crippen molar-refractivity contribution >= 4 is 28.9 Å². The minimum atomic E-state index is -5.08. The fraction of sp³-hybridized carbons (Fsp3) is 0.548. The van der Waals surface area contributed by atoms with Crippen LogP contribution in [-0.4, -0.2) is 117 Å². The molecule has 2 N–H and O–H groups in total. The van der Waals surface area contributed by atoms with Crippen LogP contribution in [0.15, 0.2) is 30.6 Å². The zero-order valence-corrected chi connectivity index (χ0v) is 26.9. The maximum atomic E-state index is 13.5. The molecule has 0 radical (unpaired) electrons. The molecule has 1 aromatic carbocycles. The van der Waals surface area contributed by atoms with Crippen molar-refractivity contribution in [1.82, 2.24) is 39.6 Å². The number of benzene rings is 1. The number of aliphatic carboxylic acids is 1. The third-order valence-corrected chi connectivity index (χ3v) is 8.15. The lowest BCUT2D eigenvalue weighted by atomic mass is 10.1. The first-order valence-electron chi connectivity index (χ1n) is 15.5. The number of carboxylic acids is 1. The molecule has 1 aliphatic carbocycles. The Morgan fingerprint density at radius 1 is 1.09 bits per heavy atom. The molecule has 254 valence electrons. The number of hydrazine groups is 1. The third-order valence-electron chi connectivity index (χ3n) is 8.15. The highest BCUT2D eigenvalue weighted by Crippen LogP contribution is 2.30. The zero-order chi connectivity index (χ0) is 34.1. The van der Waals surface area contributed by atoms with Gasteiger partial charge in [0, 0.05) is 44.8 Å². The molecule has 2 fully saturated rings. The maximum absolute atomic E-state index is 13.5. The second kappa shape index (κ2) is 16.0. The number of imidazole rings is 1. The van der Waals surface area contributed by atoms with Crippen molar-refractivity contribution < 1.29 is 27.9 Å². The quantitative estimate of drug-likeness (QED) is 0.310. The van der Waals surface area contributed by atoms with Crippen LogP contribution in [0, 0.1) is 11.3 Å². The number of rotatable bonds is 10. The monoisotopic (exact) mass is 658 g/mol. The number of piperazine rings is 1. The number of carboxylic acid groups (broad SMARTS) is 1. The molecule has 1 saturated heterocycles. The van der Waals surface area contributed by atoms with Crippen molar-refractivity contribution in [2.24, 2.45) is 0 Å². The van der Waals surface area contributed by atoms with Crippen LogP contribution in [0.5, 0.6) is 0 Å². The van der Waals surface area contributed by atoms with E-state index in [1.165, 1.54) is 5.56 Å². The molecule has 5 rings (SSSR count). The Morgan fingerprint density at radius 2 is 1.72 bits per heavy atom. The lowest BCUT2D eigenvalue weighted by molar-refractivity contribution is -0.192. The summed E-state index contributed by atoms with van der Waals surface area (Å²) in [5.74, 6) is -2.40. The first kappa shape index (κ1) is 35.5. The third kappa shape index (κ3) is 9.83. The van der Waals surface area contributed by atoms with Crippen LogP contribution < -0.4 is 10.4 Å². The van der Waals surface area contributed by atoms with Crippen LogP contribution in [0.25, 0.3) is 11.2 Å². The van der Waals surface area contributed by atoms with Crippen molar-refractivity contribution in [2.75, 3.05) is 58.9 Å². The lowest BCUT2D eigenvalue weighted by Gasteiger charge is -2.32. The van der Waals surface area contributed by atoms with Crippen LogP contribution in [0.4, 0.5) is 19.0 Å². The molecule has 16 heteroatoms. The minimum absolute atomic E-state index is 0.0716. The molecule has 2 aliphatic rings. The molecule has 0 unspecified atom stereocenters. The normalized spacial score (nSPS) is 16.1. The second-order valence-electron chi connectivity index (χ2n) is 12.1. The highest BCUT2D eigenvalue weighted by Gasteiger charge is 2.38. The topological polar surface area (TPSA) is 147 Å². The van der Waals surface area contributed by atoms with Gasteiger partial charge in [-0.2, -0.15) is 28.4 Å². The highest BCUT2D eigenvalue weighted by molar-refractivity contribution is 5.96. The molecule has 0 atom stereocenters. The molecule has 0 bridgehead atoms. The maximum Gasteiger partial charge on any atom is 0.490 e. The number of carbonyl (C=O) groups is 2. The molecule has 1 amide bonds. The Bertz CT molecular complexity index is 1540. The van der Waals surface area contributed by atoms with Gasteiger partial charge in [-0.05, 0) is 64.6 Å². The van der Waals surface area contributed by atoms with E-state index >= 15 is 0 Å². The van der Waals surface area contributed by atoms with Crippen molar-refractivity contribution in [1.29, 1.82) is 5.26 Å². The molecule has 13 nitrogen and oxygen atoms in total. The van der Waals surface area contributed by atoms with E-state index in [2.05, 4.69) is 48.2 Å². The summed E-state index contributed by atoms with van der Waals surface area (Å²) in [4.78, 5) is 43.0. The number of halogens is 3. The van der Waals surface area contributed by atoms with Gasteiger partial charge in [0.15, 0.2) is 17.0 Å². The summed E-state index contributed by atoms with van der Waals surface area (Å²) < 4.78 is 33.7. The first-order valence-corrected chi connectivity index (χ1v) is 15.5. The molecule has 0 spiro atoms. The summed E-state index contributed by atoms with van der Waals surface area (Å²) >= 11 is 0. The van der Waals surface area contributed by atoms with Gasteiger partial charge in [0.1, 0.15) is 6.07 Å². The average molecular weight is 659 g/mol. The highest BCUT2D eigenvalue weighted by atomic mass is 19.4. The Balaban J connectivity index is 0.000000644. The zero-order valence-electron chi connectivity index (χ0n) is 26.9. The minimum Gasteiger partial charge on any atom is -0.475 e. The largest absolute Gasteiger partial charge is 0.490 e. The number of hydrogen-bond acceptors (Lipinski definition) is 10. The van der Waals surface area contributed by atoms with E-state index in [4.69, 9.17) is 9.90 Å². The van der Waals surface area contributed by atoms with Crippen LogP contribution in [0.1, 0.15) is 53.8 Å². The van der Waals surface area contributed by atoms with Crippen molar-refractivity contribution in [2.45, 2.75) is 57.4 Å². The van der Waals surface area contributed by atoms with Gasteiger partial charge in [-0.25, -0.2) is 9.78 Å². The van der Waals surface area contributed by atoms with Gasteiger partial charge >= 0.3 is 12.1 Å². The number of likely N-dealkylation sites (N-methyl/N-ethyl adjacent to an activating group) is 1. The van der Waals surface area contributed by atoms with Crippen molar-refractivity contribution in [3.63, 3.8) is 0 Å². The molecule has 47 heavy (non-hydrogen) atoms. The summed E-state index contributed by atoms with van der Waals surface area (Å²) in [6.45, 7) is 6.81. The number of hydrogen-bond donors (Lipinski definition) is 2. The van der Waals surface area contributed by atoms with Crippen LogP contribution in [0.3, 0.4) is 0 Å². The van der Waals surface area contributed by atoms with E-state index in [0.29, 0.717) is 22.5 Å². The Kier molecular flexibility index (Phi) is 12.1. The number of aromatic nitrogens is 4. The number of amides is 1. The summed E-state index contributed by atoms with van der Waals surface area (Å²) in [5, 5.41) is 18.7. The second-order valence-corrected chi connectivity index (χ2v) is 12.1. The van der Waals surface area contributed by atoms with Gasteiger partial charge in [-0.15, -0.1) is 0 Å². The van der Waals surface area contributed by atoms with E-state index in [1.54, 1.807) is 6.33 Å². The SMILES string of the molecule is CN(C)CCCn1cnc2c(N(NC(=O)c3ccc(CN4CCN(C)CC4)cc3)C3CCCC3)nc(C#N)nc21.O=C(O)C(F)(F)F. The number of nitriles is 1. The lowest BCUT2D eigenvalue weighted by Crippen LogP contribution is -2.48. The average Bonchev–Trinajstić information content (AvgIpc) is 3.71. The standard InChI is InChI=1S/C29H40N10O.C2HF3O2/c1-35(2)13-6-14-38-21-31-26-27(38)32-25(19-30)33-28(26)39(24-7-4-5-8-24)34-29(40)23-11-9-22(10-12-23)20-37-17-15-36(3)16-18-37;3-2(4,5)1(6)7/h9-12,21,24H,4-8,13-18,20H2,1-3H3,(H,34,40);(H,6,7). The molecule has 3 aromatic rings. The number of nitrogens with one attached hydrogen (secondary N) is 1. The Morgan fingerprint density at radius 3 is 2.30 bits per heavy atom. The van der Waals surface area contributed by atoms with Gasteiger partial charge in [0.2, 0.25) is 5.82 Å². The molecular weight excluding hydrogens is 617 g/mol. The Hall–Kier alpha value is -4.33. The smallest absolute Gasteiger partial charge is 0.475 e. The molecule has 1 aliphatic heterocycles. The van der Waals surface area contributed by atoms with Crippen molar-refractivity contribution in [3.8, 4) is 6.07 Å². The molecule has 1 saturated carbocycles. The van der Waals surface area contributed by atoms with Gasteiger partial charge in [-0.1, -0.05) is 25.0 Å². The van der Waals surface area contributed by atoms with Gasteiger partial charge in [-0.3, -0.25) is 20.1 Å². The van der Waals surface area contributed by atoms with E-state index in [-0.39, 0.29) is 17.8 Å². The number of alkyl halides is 3. The van der Waals surface area contributed by atoms with Crippen LogP contribution >= 0.6 is 0 Å². The van der Waals surface area contributed by atoms with Crippen LogP contribution in [-0.2, 0) is 17.9 Å². The molecule has 2 aromatic heterocycles. The summed E-state index contributed by atoms with van der Waals surface area (Å²) in [7, 11) is 6.25. The number of carbonyl (C=O) groups excluding carboxylic acids is 1. The number of anilines is 1. The van der Waals surface area contributed by atoms with E-state index in [1.807, 2.05) is 47.9 Å². The van der Waals surface area contributed by atoms with Gasteiger partial charge in [0.05, 0.1) is 12.4 Å². The number of aryl methyl sites for hydroxylation is 1. The number of fused-ring (bicyclic) bond motifs is 1. The van der Waals surface area contributed by atoms with E-state index < -0.39 is 12.1 Å². The van der Waals surface area contributed by atoms with Gasteiger partial charge < -0.3 is 19.5 Å². The van der Waals surface area contributed by atoms with Gasteiger partial charge in [0.25, 0.3) is 5.91 Å². The van der Waals surface area contributed by atoms with E-state index in [9.17, 15) is 23.2 Å². The van der Waals surface area contributed by atoms with E-state index in [0.717, 1.165) is 77.9 Å². The summed E-state index contributed by atoms with van der Waals surface area (Å²) in [5.41, 5.74) is 6.13. The fourth-order valence-electron chi connectivity index (χ4n) is 5.55.